The summed E-state index contributed by atoms with van der Waals surface area (Å²) in [7, 11) is 0. The molecule has 288 valence electrons. The van der Waals surface area contributed by atoms with Gasteiger partial charge in [0, 0.05) is 44.8 Å². The number of hydrogen-bond donors (Lipinski definition) is 1. The molecule has 0 spiro atoms. The molecule has 0 unspecified atom stereocenters. The number of aromatic nitrogens is 3. The van der Waals surface area contributed by atoms with Gasteiger partial charge in [0.1, 0.15) is 22.7 Å². The van der Waals surface area contributed by atoms with E-state index in [4.69, 9.17) is 14.4 Å². The number of para-hydroxylation sites is 3. The number of benzene rings is 6. The monoisotopic (exact) mass is 759 g/mol. The summed E-state index contributed by atoms with van der Waals surface area (Å²) in [5, 5.41) is 14.6. The van der Waals surface area contributed by atoms with Gasteiger partial charge in [0.25, 0.3) is 0 Å². The smallest absolute Gasteiger partial charge is 0.149 e. The number of pyridine rings is 1. The molecule has 1 N–H and O–H groups in total. The Labute approximate surface area is 340 Å². The number of phenolic OH excluding ortho intramolecular Hbond substituents is 1. The number of hydrogen-bond acceptors (Lipinski definition) is 4. The summed E-state index contributed by atoms with van der Waals surface area (Å²) in [5.41, 5.74) is 13.8. The Balaban J connectivity index is 1.46. The Morgan fingerprint density at radius 3 is 2.07 bits per heavy atom. The van der Waals surface area contributed by atoms with Gasteiger partial charge in [-0.15, -0.1) is 0 Å². The molecule has 0 fully saturated rings. The largest absolute Gasteiger partial charge is 0.507 e. The fraction of sp³-hybridized carbons (Fsp3) is 0.208. The molecule has 6 aromatic carbocycles. The zero-order chi connectivity index (χ0) is 40.5. The number of rotatable bonds is 6. The number of aromatic hydroxyl groups is 1. The first-order valence-electron chi connectivity index (χ1n) is 20.2. The minimum Gasteiger partial charge on any atom is -0.507 e. The second kappa shape index (κ2) is 13.9. The first kappa shape index (κ1) is 37.1. The van der Waals surface area contributed by atoms with E-state index in [0.29, 0.717) is 11.4 Å². The highest BCUT2D eigenvalue weighted by Crippen LogP contribution is 2.47. The highest BCUT2D eigenvalue weighted by atomic mass is 16.3. The van der Waals surface area contributed by atoms with Gasteiger partial charge in [0.2, 0.25) is 0 Å². The van der Waals surface area contributed by atoms with Crippen LogP contribution in [0.1, 0.15) is 78.0 Å². The Bertz CT molecular complexity index is 2990. The number of nitrogens with zero attached hydrogens (tertiary/aromatic N) is 3. The van der Waals surface area contributed by atoms with Gasteiger partial charge in [0.05, 0.1) is 28.0 Å². The van der Waals surface area contributed by atoms with Crippen LogP contribution in [0.15, 0.2) is 144 Å². The SMILES string of the molecule is CC(C)c1cccc(-c2ccccc2)c1-n1c(-c2cc(C(C)(C)C)cc(C(C)(C)C)c2O)nc2c(-c3cc(-c4ccccn4)cc4c3oc3ccccc34)cccc21. The maximum Gasteiger partial charge on any atom is 0.149 e. The molecule has 9 aromatic rings. The molecule has 0 aliphatic carbocycles. The van der Waals surface area contributed by atoms with Gasteiger partial charge < -0.3 is 9.52 Å². The third-order valence-electron chi connectivity index (χ3n) is 11.4. The molecular formula is C53H49N3O2. The lowest BCUT2D eigenvalue weighted by Crippen LogP contribution is -2.17. The Kier molecular flexibility index (Phi) is 8.89. The summed E-state index contributed by atoms with van der Waals surface area (Å²) in [4.78, 5) is 10.5. The molecule has 0 amide bonds. The predicted octanol–water partition coefficient (Wildman–Crippen LogP) is 14.4. The molecule has 0 atom stereocenters. The molecule has 0 saturated heterocycles. The molecule has 9 rings (SSSR count). The molecule has 0 bridgehead atoms. The van der Waals surface area contributed by atoms with Crippen molar-refractivity contribution in [2.24, 2.45) is 0 Å². The molecule has 5 nitrogen and oxygen atoms in total. The topological polar surface area (TPSA) is 64.1 Å². The van der Waals surface area contributed by atoms with Crippen molar-refractivity contribution in [1.29, 1.82) is 0 Å². The van der Waals surface area contributed by atoms with E-state index in [0.717, 1.165) is 83.3 Å². The van der Waals surface area contributed by atoms with Gasteiger partial charge in [-0.1, -0.05) is 146 Å². The van der Waals surface area contributed by atoms with Crippen LogP contribution >= 0.6 is 0 Å². The first-order chi connectivity index (χ1) is 27.8. The maximum absolute atomic E-state index is 12.5. The van der Waals surface area contributed by atoms with Gasteiger partial charge in [-0.2, -0.15) is 0 Å². The van der Waals surface area contributed by atoms with E-state index in [-0.39, 0.29) is 22.5 Å². The van der Waals surface area contributed by atoms with E-state index in [9.17, 15) is 5.11 Å². The van der Waals surface area contributed by atoms with Crippen molar-refractivity contribution in [2.75, 3.05) is 0 Å². The van der Waals surface area contributed by atoms with Crippen LogP contribution in [0.4, 0.5) is 0 Å². The molecule has 0 radical (unpaired) electrons. The number of phenols is 1. The molecular weight excluding hydrogens is 711 g/mol. The lowest BCUT2D eigenvalue weighted by Gasteiger charge is -2.28. The molecule has 58 heavy (non-hydrogen) atoms. The molecule has 3 aromatic heterocycles. The minimum absolute atomic E-state index is 0.186. The second-order valence-corrected chi connectivity index (χ2v) is 17.8. The van der Waals surface area contributed by atoms with Crippen LogP contribution < -0.4 is 0 Å². The number of imidazole rings is 1. The van der Waals surface area contributed by atoms with E-state index in [1.165, 1.54) is 5.56 Å². The van der Waals surface area contributed by atoms with Crippen molar-refractivity contribution in [2.45, 2.75) is 72.1 Å². The van der Waals surface area contributed by atoms with E-state index in [2.05, 4.69) is 163 Å². The van der Waals surface area contributed by atoms with Crippen LogP contribution in [0.25, 0.3) is 83.6 Å². The van der Waals surface area contributed by atoms with Crippen LogP contribution in [0.2, 0.25) is 0 Å². The molecule has 0 aliphatic heterocycles. The summed E-state index contributed by atoms with van der Waals surface area (Å²) >= 11 is 0. The number of fused-ring (bicyclic) bond motifs is 4. The molecule has 0 aliphatic rings. The van der Waals surface area contributed by atoms with E-state index in [1.54, 1.807) is 0 Å². The summed E-state index contributed by atoms with van der Waals surface area (Å²) in [6.45, 7) is 17.7. The van der Waals surface area contributed by atoms with Crippen LogP contribution in [-0.4, -0.2) is 19.6 Å². The van der Waals surface area contributed by atoms with Crippen LogP contribution in [-0.2, 0) is 10.8 Å². The minimum atomic E-state index is -0.327. The second-order valence-electron chi connectivity index (χ2n) is 17.8. The Hall–Kier alpha value is -6.46. The highest BCUT2D eigenvalue weighted by Gasteiger charge is 2.30. The summed E-state index contributed by atoms with van der Waals surface area (Å²) in [6, 6.07) is 46.5. The van der Waals surface area contributed by atoms with Crippen molar-refractivity contribution >= 4 is 33.0 Å². The maximum atomic E-state index is 12.5. The van der Waals surface area contributed by atoms with Gasteiger partial charge in [-0.3, -0.25) is 9.55 Å². The predicted molar refractivity (Wildman–Crippen MR) is 241 cm³/mol. The third kappa shape index (κ3) is 6.26. The quantitative estimate of drug-likeness (QED) is 0.183. The number of furan rings is 1. The molecule has 5 heteroatoms. The average Bonchev–Trinajstić information content (AvgIpc) is 3.79. The van der Waals surface area contributed by atoms with Crippen molar-refractivity contribution in [3.63, 3.8) is 0 Å². The van der Waals surface area contributed by atoms with Gasteiger partial charge >= 0.3 is 0 Å². The summed E-state index contributed by atoms with van der Waals surface area (Å²) < 4.78 is 9.05. The average molecular weight is 760 g/mol. The van der Waals surface area contributed by atoms with E-state index in [1.807, 2.05) is 36.5 Å². The highest BCUT2D eigenvalue weighted by molar-refractivity contribution is 6.13. The van der Waals surface area contributed by atoms with Crippen molar-refractivity contribution in [1.82, 2.24) is 14.5 Å². The fourth-order valence-electron chi connectivity index (χ4n) is 8.37. The van der Waals surface area contributed by atoms with Crippen LogP contribution in [0.3, 0.4) is 0 Å². The molecule has 0 saturated carbocycles. The Morgan fingerprint density at radius 2 is 1.34 bits per heavy atom. The van der Waals surface area contributed by atoms with E-state index < -0.39 is 0 Å². The van der Waals surface area contributed by atoms with Crippen molar-refractivity contribution < 1.29 is 9.52 Å². The standard InChI is InChI=1S/C53H49N3O2/c1-32(2)36-21-16-22-37(33-18-10-9-11-19-33)48(36)56-45-25-17-23-39(47(45)55-51(56)42-30-35(52(3,4)5)31-43(49(42)57)53(6,7)8)41-29-34(44-24-14-15-27-54-44)28-40-38-20-12-13-26-46(38)58-50(40)41/h9-32,57H,1-8H3. The fourth-order valence-corrected chi connectivity index (χ4v) is 8.37. The lowest BCUT2D eigenvalue weighted by molar-refractivity contribution is 0.446. The molecule has 3 heterocycles. The normalized spacial score (nSPS) is 12.4. The first-order valence-corrected chi connectivity index (χ1v) is 20.2. The van der Waals surface area contributed by atoms with Gasteiger partial charge in [-0.05, 0) is 75.9 Å². The van der Waals surface area contributed by atoms with Crippen molar-refractivity contribution in [3.05, 3.63) is 156 Å². The van der Waals surface area contributed by atoms with Gasteiger partial charge in [0.15, 0.2) is 0 Å². The van der Waals surface area contributed by atoms with E-state index >= 15 is 0 Å². The third-order valence-corrected chi connectivity index (χ3v) is 11.4. The zero-order valence-electron chi connectivity index (χ0n) is 34.6. The summed E-state index contributed by atoms with van der Waals surface area (Å²) in [5.74, 6) is 1.12. The summed E-state index contributed by atoms with van der Waals surface area (Å²) in [6.07, 6.45) is 1.84. The van der Waals surface area contributed by atoms with Gasteiger partial charge in [-0.25, -0.2) is 4.98 Å². The van der Waals surface area contributed by atoms with Crippen molar-refractivity contribution in [3.8, 4) is 56.3 Å². The van der Waals surface area contributed by atoms with Crippen LogP contribution in [0.5, 0.6) is 5.75 Å². The van der Waals surface area contributed by atoms with Crippen LogP contribution in [0, 0.1) is 0 Å². The Morgan fingerprint density at radius 1 is 0.621 bits per heavy atom. The zero-order valence-corrected chi connectivity index (χ0v) is 34.6. The lowest BCUT2D eigenvalue weighted by atomic mass is 9.79.